The number of likely N-dealkylation sites (tertiary alicyclic amines) is 1. The largest absolute Gasteiger partial charge is 0.340 e. The van der Waals surface area contributed by atoms with Crippen LogP contribution in [0.4, 0.5) is 0 Å². The fraction of sp³-hybridized carbons (Fsp3) is 0.375. The monoisotopic (exact) mass is 387 g/mol. The Kier molecular flexibility index (Phi) is 4.46. The molecule has 0 spiro atoms. The van der Waals surface area contributed by atoms with Crippen LogP contribution < -0.4 is 0 Å². The molecule has 1 amide bonds. The van der Waals surface area contributed by atoms with Gasteiger partial charge in [0.05, 0.1) is 5.69 Å². The second kappa shape index (κ2) is 7.14. The number of ketones is 1. The highest BCUT2D eigenvalue weighted by molar-refractivity contribution is 6.11. The Hall–Kier alpha value is -2.95. The Labute approximate surface area is 170 Å². The van der Waals surface area contributed by atoms with Crippen molar-refractivity contribution in [3.05, 3.63) is 65.0 Å². The van der Waals surface area contributed by atoms with E-state index < -0.39 is 0 Å². The molecular weight excluding hydrogens is 362 g/mol. The number of benzene rings is 2. The highest BCUT2D eigenvalue weighted by Crippen LogP contribution is 2.34. The Balaban J connectivity index is 1.37. The summed E-state index contributed by atoms with van der Waals surface area (Å²) in [6.07, 6.45) is 5.65. The lowest BCUT2D eigenvalue weighted by molar-refractivity contribution is -0.133. The molecule has 2 aromatic carbocycles. The van der Waals surface area contributed by atoms with Crippen LogP contribution in [0.15, 0.2) is 42.6 Å². The number of hydrogen-bond acceptors (Lipinski definition) is 3. The average Bonchev–Trinajstić information content (AvgIpc) is 3.35. The van der Waals surface area contributed by atoms with Crippen LogP contribution >= 0.6 is 0 Å². The maximum absolute atomic E-state index is 13.4. The van der Waals surface area contributed by atoms with Crippen molar-refractivity contribution in [2.45, 2.75) is 39.2 Å². The molecule has 29 heavy (non-hydrogen) atoms. The van der Waals surface area contributed by atoms with Crippen LogP contribution in [0.5, 0.6) is 0 Å². The predicted octanol–water partition coefficient (Wildman–Crippen LogP) is 3.56. The van der Waals surface area contributed by atoms with E-state index in [1.807, 2.05) is 30.2 Å². The van der Waals surface area contributed by atoms with Crippen molar-refractivity contribution in [1.29, 1.82) is 0 Å². The van der Waals surface area contributed by atoms with Crippen LogP contribution in [0, 0.1) is 12.8 Å². The van der Waals surface area contributed by atoms with Gasteiger partial charge in [0.25, 0.3) is 0 Å². The highest BCUT2D eigenvalue weighted by atomic mass is 16.2. The molecule has 0 saturated carbocycles. The highest BCUT2D eigenvalue weighted by Gasteiger charge is 2.30. The molecule has 0 bridgehead atoms. The molecule has 148 valence electrons. The summed E-state index contributed by atoms with van der Waals surface area (Å²) in [6, 6.07) is 12.3. The summed E-state index contributed by atoms with van der Waals surface area (Å²) in [6.45, 7) is 3.36. The maximum Gasteiger partial charge on any atom is 0.244 e. The van der Waals surface area contributed by atoms with E-state index in [9.17, 15) is 9.59 Å². The van der Waals surface area contributed by atoms with E-state index >= 15 is 0 Å². The van der Waals surface area contributed by atoms with Gasteiger partial charge in [-0.25, -0.2) is 0 Å². The minimum Gasteiger partial charge on any atom is -0.340 e. The third kappa shape index (κ3) is 3.24. The van der Waals surface area contributed by atoms with Crippen LogP contribution in [0.25, 0.3) is 10.8 Å². The number of aryl methyl sites for hydroxylation is 3. The number of carbonyl (C=O) groups is 2. The van der Waals surface area contributed by atoms with Crippen LogP contribution in [-0.2, 0) is 24.2 Å². The number of hydrogen-bond donors (Lipinski definition) is 0. The molecule has 1 saturated heterocycles. The van der Waals surface area contributed by atoms with Crippen LogP contribution in [0.1, 0.15) is 40.0 Å². The summed E-state index contributed by atoms with van der Waals surface area (Å²) in [5, 5.41) is 6.66. The zero-order chi connectivity index (χ0) is 20.0. The Morgan fingerprint density at radius 2 is 1.93 bits per heavy atom. The van der Waals surface area contributed by atoms with E-state index in [2.05, 4.69) is 29.4 Å². The summed E-state index contributed by atoms with van der Waals surface area (Å²) in [4.78, 5) is 28.0. The van der Waals surface area contributed by atoms with Gasteiger partial charge in [-0.05, 0) is 60.6 Å². The molecule has 3 aromatic rings. The Morgan fingerprint density at radius 1 is 1.10 bits per heavy atom. The van der Waals surface area contributed by atoms with Gasteiger partial charge in [0, 0.05) is 30.8 Å². The summed E-state index contributed by atoms with van der Waals surface area (Å²) in [5.41, 5.74) is 4.41. The molecule has 0 N–H and O–H groups in total. The zero-order valence-corrected chi connectivity index (χ0v) is 16.7. The number of carbonyl (C=O) groups excluding carboxylic acids is 2. The number of Topliss-reactive ketones (excluding diaryl/α,β-unsaturated/α-hetero) is 1. The summed E-state index contributed by atoms with van der Waals surface area (Å²) < 4.78 is 1.67. The van der Waals surface area contributed by atoms with Crippen molar-refractivity contribution in [2.75, 3.05) is 13.1 Å². The molecule has 5 rings (SSSR count). The van der Waals surface area contributed by atoms with Crippen molar-refractivity contribution in [3.8, 4) is 0 Å². The molecule has 0 unspecified atom stereocenters. The molecule has 2 heterocycles. The smallest absolute Gasteiger partial charge is 0.244 e. The van der Waals surface area contributed by atoms with E-state index in [0.717, 1.165) is 42.3 Å². The first-order chi connectivity index (χ1) is 14.1. The van der Waals surface area contributed by atoms with Gasteiger partial charge in [-0.3, -0.25) is 14.3 Å². The average molecular weight is 387 g/mol. The number of rotatable bonds is 4. The fourth-order valence-electron chi connectivity index (χ4n) is 4.89. The molecular formula is C24H25N3O2. The van der Waals surface area contributed by atoms with Crippen LogP contribution in [-0.4, -0.2) is 39.5 Å². The van der Waals surface area contributed by atoms with E-state index in [4.69, 9.17) is 0 Å². The van der Waals surface area contributed by atoms with Crippen molar-refractivity contribution in [1.82, 2.24) is 14.7 Å². The van der Waals surface area contributed by atoms with Gasteiger partial charge in [-0.15, -0.1) is 0 Å². The molecule has 1 atom stereocenters. The van der Waals surface area contributed by atoms with Gasteiger partial charge >= 0.3 is 0 Å². The van der Waals surface area contributed by atoms with Crippen molar-refractivity contribution in [2.24, 2.45) is 5.92 Å². The lowest BCUT2D eigenvalue weighted by atomic mass is 9.87. The lowest BCUT2D eigenvalue weighted by Crippen LogP contribution is -2.43. The number of piperidine rings is 1. The minimum atomic E-state index is -0.134. The first-order valence-corrected chi connectivity index (χ1v) is 10.5. The Morgan fingerprint density at radius 3 is 2.72 bits per heavy atom. The van der Waals surface area contributed by atoms with Gasteiger partial charge in [0.15, 0.2) is 5.78 Å². The minimum absolute atomic E-state index is 0.0333. The third-order valence-corrected chi connectivity index (χ3v) is 6.36. The fourth-order valence-corrected chi connectivity index (χ4v) is 4.89. The van der Waals surface area contributed by atoms with Crippen molar-refractivity contribution >= 4 is 22.5 Å². The van der Waals surface area contributed by atoms with E-state index in [-0.39, 0.29) is 24.2 Å². The molecule has 2 aliphatic rings. The standard InChI is InChI=1S/C24H25N3O2/c1-16-11-13-27(25-16)15-22(28)26-12-3-5-19(14-26)24(29)21-10-9-18-8-7-17-4-2-6-20(21)23(17)18/h2,4,6,9-11,13,19H,3,5,7-8,12,14-15H2,1H3/t19-/m1/s1. The quantitative estimate of drug-likeness (QED) is 0.643. The van der Waals surface area contributed by atoms with Gasteiger partial charge in [0.1, 0.15) is 6.54 Å². The zero-order valence-electron chi connectivity index (χ0n) is 16.7. The first kappa shape index (κ1) is 18.1. The molecule has 1 aliphatic heterocycles. The van der Waals surface area contributed by atoms with Gasteiger partial charge in [-0.1, -0.05) is 30.3 Å². The molecule has 1 aromatic heterocycles. The Bertz CT molecular complexity index is 1100. The number of amides is 1. The molecule has 1 fully saturated rings. The number of aromatic nitrogens is 2. The molecule has 5 heteroatoms. The van der Waals surface area contributed by atoms with Gasteiger partial charge < -0.3 is 4.90 Å². The van der Waals surface area contributed by atoms with Crippen molar-refractivity contribution in [3.63, 3.8) is 0 Å². The summed E-state index contributed by atoms with van der Waals surface area (Å²) in [7, 11) is 0. The molecule has 5 nitrogen and oxygen atoms in total. The number of nitrogens with zero attached hydrogens (tertiary/aromatic N) is 3. The van der Waals surface area contributed by atoms with Crippen molar-refractivity contribution < 1.29 is 9.59 Å². The van der Waals surface area contributed by atoms with E-state index in [0.29, 0.717) is 13.1 Å². The SMILES string of the molecule is Cc1ccn(CC(=O)N2CCC[C@@H](C(=O)c3ccc4c5c(cccc35)CC4)C2)n1. The summed E-state index contributed by atoms with van der Waals surface area (Å²) in [5.74, 6) is 0.0737. The maximum atomic E-state index is 13.4. The van der Waals surface area contributed by atoms with Crippen LogP contribution in [0.3, 0.4) is 0 Å². The van der Waals surface area contributed by atoms with Crippen LogP contribution in [0.2, 0.25) is 0 Å². The molecule has 1 aliphatic carbocycles. The van der Waals surface area contributed by atoms with Gasteiger partial charge in [0.2, 0.25) is 5.91 Å². The normalized spacial score (nSPS) is 18.4. The second-order valence-corrected chi connectivity index (χ2v) is 8.31. The first-order valence-electron chi connectivity index (χ1n) is 10.5. The molecule has 0 radical (unpaired) electrons. The van der Waals surface area contributed by atoms with Gasteiger partial charge in [-0.2, -0.15) is 5.10 Å². The lowest BCUT2D eigenvalue weighted by Gasteiger charge is -2.32. The van der Waals surface area contributed by atoms with E-state index in [1.165, 1.54) is 16.5 Å². The topological polar surface area (TPSA) is 55.2 Å². The predicted molar refractivity (Wildman–Crippen MR) is 112 cm³/mol. The van der Waals surface area contributed by atoms with E-state index in [1.54, 1.807) is 4.68 Å². The second-order valence-electron chi connectivity index (χ2n) is 8.31. The summed E-state index contributed by atoms with van der Waals surface area (Å²) >= 11 is 0. The third-order valence-electron chi connectivity index (χ3n) is 6.36.